The molecule has 3 heterocycles. The molecule has 8 nitrogen and oxygen atoms in total. The molecule has 2 aliphatic heterocycles. The fraction of sp³-hybridized carbons (Fsp3) is 0.241. The summed E-state index contributed by atoms with van der Waals surface area (Å²) in [5.74, 6) is 0.716. The van der Waals surface area contributed by atoms with E-state index in [0.717, 1.165) is 40.0 Å². The van der Waals surface area contributed by atoms with Gasteiger partial charge in [-0.1, -0.05) is 42.5 Å². The van der Waals surface area contributed by atoms with Gasteiger partial charge < -0.3 is 14.2 Å². The topological polar surface area (TPSA) is 93.5 Å². The van der Waals surface area contributed by atoms with E-state index in [1.807, 2.05) is 43.4 Å². The average Bonchev–Trinajstić information content (AvgIpc) is 3.40. The molecule has 1 aromatic heterocycles. The number of aromatic nitrogens is 2. The van der Waals surface area contributed by atoms with Crippen molar-refractivity contribution in [2.75, 3.05) is 0 Å². The first-order valence-electron chi connectivity index (χ1n) is 12.4. The van der Waals surface area contributed by atoms with Crippen molar-refractivity contribution in [3.8, 4) is 5.75 Å². The number of hydrogen-bond acceptors (Lipinski definition) is 5. The van der Waals surface area contributed by atoms with Crippen LogP contribution in [-0.4, -0.2) is 38.2 Å². The number of nitrogens with one attached hydrogen (secondary N) is 1. The van der Waals surface area contributed by atoms with Crippen molar-refractivity contribution in [1.29, 1.82) is 0 Å². The highest BCUT2D eigenvalue weighted by atomic mass is 16.5. The molecule has 0 spiro atoms. The molecular weight excluding hydrogens is 468 g/mol. The maximum absolute atomic E-state index is 13.0. The van der Waals surface area contributed by atoms with Crippen LogP contribution in [0.3, 0.4) is 0 Å². The molecule has 1 N–H and O–H groups in total. The highest BCUT2D eigenvalue weighted by molar-refractivity contribution is 6.05. The Balaban J connectivity index is 1.13. The second-order valence-corrected chi connectivity index (χ2v) is 9.54. The predicted octanol–water partition coefficient (Wildman–Crippen LogP) is 3.50. The van der Waals surface area contributed by atoms with Crippen LogP contribution in [0.5, 0.6) is 5.75 Å². The summed E-state index contributed by atoms with van der Waals surface area (Å²) in [6.07, 6.45) is 1.30. The van der Waals surface area contributed by atoms with Crippen LogP contribution in [0, 0.1) is 0 Å². The molecule has 1 fully saturated rings. The van der Waals surface area contributed by atoms with Crippen LogP contribution in [-0.2, 0) is 36.2 Å². The summed E-state index contributed by atoms with van der Waals surface area (Å²) in [7, 11) is 2.04. The maximum Gasteiger partial charge on any atom is 0.255 e. The van der Waals surface area contributed by atoms with E-state index in [1.54, 1.807) is 12.1 Å². The quantitative estimate of drug-likeness (QED) is 0.414. The van der Waals surface area contributed by atoms with Crippen LogP contribution in [0.25, 0.3) is 11.0 Å². The number of aryl methyl sites for hydroxylation is 1. The number of fused-ring (bicyclic) bond motifs is 2. The third kappa shape index (κ3) is 4.24. The van der Waals surface area contributed by atoms with Crippen molar-refractivity contribution in [2.45, 2.75) is 38.5 Å². The number of hydrogen-bond donors (Lipinski definition) is 1. The lowest BCUT2D eigenvalue weighted by atomic mass is 10.0. The second-order valence-electron chi connectivity index (χ2n) is 9.54. The van der Waals surface area contributed by atoms with Gasteiger partial charge in [-0.3, -0.25) is 19.7 Å². The zero-order chi connectivity index (χ0) is 25.5. The lowest BCUT2D eigenvalue weighted by Gasteiger charge is -2.29. The van der Waals surface area contributed by atoms with E-state index >= 15 is 0 Å². The standard InChI is InChI=1S/C29H26N4O4/c1-32-23-7-3-2-6-22(23)30-26(32)15-18-9-11-19(12-10-18)17-37-25-8-4-5-20-21(25)16-33(29(20)36)24-13-14-27(34)31-28(24)35/h2-12,24H,13-17H2,1H3,(H,31,34,35). The smallest absolute Gasteiger partial charge is 0.255 e. The Hall–Kier alpha value is -4.46. The number of imidazole rings is 1. The molecule has 4 aromatic rings. The maximum atomic E-state index is 13.0. The molecule has 0 aliphatic carbocycles. The number of rotatable bonds is 6. The molecule has 6 rings (SSSR count). The normalized spacial score (nSPS) is 17.3. The number of para-hydroxylation sites is 2. The minimum Gasteiger partial charge on any atom is -0.489 e. The minimum absolute atomic E-state index is 0.207. The monoisotopic (exact) mass is 494 g/mol. The van der Waals surface area contributed by atoms with Gasteiger partial charge in [-0.05, 0) is 41.8 Å². The zero-order valence-electron chi connectivity index (χ0n) is 20.4. The summed E-state index contributed by atoms with van der Waals surface area (Å²) in [5, 5.41) is 2.34. The summed E-state index contributed by atoms with van der Waals surface area (Å²) >= 11 is 0. The van der Waals surface area contributed by atoms with E-state index in [2.05, 4.69) is 28.1 Å². The number of imide groups is 1. The molecule has 8 heteroatoms. The Morgan fingerprint density at radius 1 is 0.973 bits per heavy atom. The van der Waals surface area contributed by atoms with Crippen molar-refractivity contribution >= 4 is 28.8 Å². The van der Waals surface area contributed by atoms with Gasteiger partial charge in [-0.15, -0.1) is 0 Å². The Kier molecular flexibility index (Phi) is 5.71. The summed E-state index contributed by atoms with van der Waals surface area (Å²) in [6.45, 7) is 0.642. The fourth-order valence-electron chi connectivity index (χ4n) is 5.14. The minimum atomic E-state index is -0.644. The summed E-state index contributed by atoms with van der Waals surface area (Å²) in [4.78, 5) is 43.2. The number of carbonyl (C=O) groups is 3. The average molecular weight is 495 g/mol. The van der Waals surface area contributed by atoms with Crippen LogP contribution < -0.4 is 10.1 Å². The first-order valence-corrected chi connectivity index (χ1v) is 12.4. The van der Waals surface area contributed by atoms with Crippen LogP contribution >= 0.6 is 0 Å². The van der Waals surface area contributed by atoms with Crippen molar-refractivity contribution in [3.05, 3.63) is 94.8 Å². The van der Waals surface area contributed by atoms with Crippen molar-refractivity contribution in [1.82, 2.24) is 19.8 Å². The van der Waals surface area contributed by atoms with Gasteiger partial charge in [0.05, 0.1) is 17.6 Å². The SMILES string of the molecule is Cn1c(Cc2ccc(COc3cccc4c3CN(C3CCC(=O)NC3=O)C4=O)cc2)nc2ccccc21. The van der Waals surface area contributed by atoms with Gasteiger partial charge in [0.1, 0.15) is 24.2 Å². The van der Waals surface area contributed by atoms with Crippen molar-refractivity contribution < 1.29 is 19.1 Å². The molecule has 3 aromatic carbocycles. The lowest BCUT2D eigenvalue weighted by Crippen LogP contribution is -2.52. The Labute approximate surface area is 213 Å². The van der Waals surface area contributed by atoms with Crippen LogP contribution in [0.4, 0.5) is 0 Å². The first kappa shape index (κ1) is 23.0. The lowest BCUT2D eigenvalue weighted by molar-refractivity contribution is -0.136. The molecule has 37 heavy (non-hydrogen) atoms. The summed E-state index contributed by atoms with van der Waals surface area (Å²) in [5.41, 5.74) is 5.60. The van der Waals surface area contributed by atoms with Crippen LogP contribution in [0.15, 0.2) is 66.7 Å². The first-order chi connectivity index (χ1) is 18.0. The van der Waals surface area contributed by atoms with Gasteiger partial charge in [0.15, 0.2) is 0 Å². The number of carbonyl (C=O) groups excluding carboxylic acids is 3. The van der Waals surface area contributed by atoms with E-state index < -0.39 is 11.9 Å². The molecule has 1 saturated heterocycles. The molecular formula is C29H26N4O4. The largest absolute Gasteiger partial charge is 0.489 e. The van der Waals surface area contributed by atoms with Gasteiger partial charge in [-0.25, -0.2) is 4.98 Å². The van der Waals surface area contributed by atoms with Crippen LogP contribution in [0.1, 0.15) is 45.7 Å². The third-order valence-electron chi connectivity index (χ3n) is 7.20. The number of ether oxygens (including phenoxy) is 1. The molecule has 0 radical (unpaired) electrons. The molecule has 1 atom stereocenters. The Morgan fingerprint density at radius 3 is 2.54 bits per heavy atom. The van der Waals surface area contributed by atoms with Crippen molar-refractivity contribution in [2.24, 2.45) is 7.05 Å². The van der Waals surface area contributed by atoms with Gasteiger partial charge in [0.25, 0.3) is 5.91 Å². The third-order valence-corrected chi connectivity index (χ3v) is 7.20. The van der Waals surface area contributed by atoms with Crippen molar-refractivity contribution in [3.63, 3.8) is 0 Å². The summed E-state index contributed by atoms with van der Waals surface area (Å²) in [6, 6.07) is 21.1. The van der Waals surface area contributed by atoms with Crippen LogP contribution in [0.2, 0.25) is 0 Å². The van der Waals surface area contributed by atoms with Gasteiger partial charge in [0.2, 0.25) is 11.8 Å². The fourth-order valence-corrected chi connectivity index (χ4v) is 5.14. The highest BCUT2D eigenvalue weighted by Crippen LogP contribution is 2.34. The molecule has 0 saturated carbocycles. The van der Waals surface area contributed by atoms with E-state index in [4.69, 9.17) is 9.72 Å². The van der Waals surface area contributed by atoms with E-state index in [1.165, 1.54) is 4.90 Å². The Morgan fingerprint density at radius 2 is 1.76 bits per heavy atom. The number of amides is 3. The van der Waals surface area contributed by atoms with E-state index in [-0.39, 0.29) is 24.8 Å². The molecule has 0 bridgehead atoms. The molecule has 2 aliphatic rings. The molecule has 186 valence electrons. The predicted molar refractivity (Wildman–Crippen MR) is 137 cm³/mol. The number of piperidine rings is 1. The number of nitrogens with zero attached hydrogens (tertiary/aromatic N) is 3. The number of benzene rings is 3. The second kappa shape index (κ2) is 9.20. The van der Waals surface area contributed by atoms with Gasteiger partial charge >= 0.3 is 0 Å². The van der Waals surface area contributed by atoms with E-state index in [0.29, 0.717) is 24.3 Å². The van der Waals surface area contributed by atoms with E-state index in [9.17, 15) is 14.4 Å². The zero-order valence-corrected chi connectivity index (χ0v) is 20.4. The molecule has 3 amide bonds. The highest BCUT2D eigenvalue weighted by Gasteiger charge is 2.40. The Bertz CT molecular complexity index is 1540. The summed E-state index contributed by atoms with van der Waals surface area (Å²) < 4.78 is 8.26. The van der Waals surface area contributed by atoms with Gasteiger partial charge in [-0.2, -0.15) is 0 Å². The molecule has 1 unspecified atom stereocenters. The van der Waals surface area contributed by atoms with Gasteiger partial charge in [0, 0.05) is 31.0 Å².